The van der Waals surface area contributed by atoms with Crippen molar-refractivity contribution in [3.8, 4) is 0 Å². The van der Waals surface area contributed by atoms with E-state index in [0.717, 1.165) is 4.90 Å². The van der Waals surface area contributed by atoms with Gasteiger partial charge in [-0.3, -0.25) is 4.21 Å². The van der Waals surface area contributed by atoms with E-state index in [0.29, 0.717) is 16.5 Å². The smallest absolute Gasteiger partial charge is 0.321 e. The average molecular weight is 335 g/mol. The molecule has 4 nitrogen and oxygen atoms in total. The number of hydrogen-bond acceptors (Lipinski definition) is 3. The average Bonchev–Trinajstić information content (AvgIpc) is 2.37. The molecule has 1 rings (SSSR count). The predicted octanol–water partition coefficient (Wildman–Crippen LogP) is 3.29. The molecule has 2 amide bonds. The third-order valence-electron chi connectivity index (χ3n) is 2.86. The van der Waals surface area contributed by atoms with E-state index < -0.39 is 10.8 Å². The maximum Gasteiger partial charge on any atom is 0.321 e. The maximum absolute atomic E-state index is 12.1. The maximum atomic E-state index is 12.1. The Labute approximate surface area is 131 Å². The molecule has 20 heavy (non-hydrogen) atoms. The minimum absolute atomic E-state index is 0.0956. The Morgan fingerprint density at radius 1 is 1.55 bits per heavy atom. The van der Waals surface area contributed by atoms with Gasteiger partial charge in [0.1, 0.15) is 0 Å². The minimum atomic E-state index is -0.933. The van der Waals surface area contributed by atoms with Gasteiger partial charge in [0, 0.05) is 46.5 Å². The number of rotatable bonds is 5. The molecule has 2 atom stereocenters. The van der Waals surface area contributed by atoms with Gasteiger partial charge in [-0.2, -0.15) is 0 Å². The van der Waals surface area contributed by atoms with E-state index >= 15 is 0 Å². The number of thioether (sulfide) groups is 1. The second-order valence-electron chi connectivity index (χ2n) is 4.48. The van der Waals surface area contributed by atoms with Gasteiger partial charge in [0.15, 0.2) is 0 Å². The van der Waals surface area contributed by atoms with Gasteiger partial charge in [-0.15, -0.1) is 11.8 Å². The van der Waals surface area contributed by atoms with Crippen molar-refractivity contribution < 1.29 is 9.00 Å². The van der Waals surface area contributed by atoms with E-state index in [-0.39, 0.29) is 12.1 Å². The summed E-state index contributed by atoms with van der Waals surface area (Å²) in [6.45, 7) is 1.87. The van der Waals surface area contributed by atoms with Crippen LogP contribution in [0, 0.1) is 0 Å². The van der Waals surface area contributed by atoms with Crippen LogP contribution in [0.2, 0.25) is 5.02 Å². The number of carbonyl (C=O) groups excluding carboxylic acids is 1. The van der Waals surface area contributed by atoms with E-state index in [1.807, 2.05) is 25.3 Å². The third kappa shape index (κ3) is 5.00. The Morgan fingerprint density at radius 3 is 2.70 bits per heavy atom. The predicted molar refractivity (Wildman–Crippen MR) is 88.4 cm³/mol. The SMILES string of the molecule is CSc1ccc(NC(=O)N(C)[C@H](C)C[S@@](C)=O)cc1Cl. The normalized spacial score (nSPS) is 13.7. The lowest BCUT2D eigenvalue weighted by atomic mass is 10.3. The van der Waals surface area contributed by atoms with Crippen molar-refractivity contribution in [2.24, 2.45) is 0 Å². The van der Waals surface area contributed by atoms with E-state index in [1.165, 1.54) is 4.90 Å². The first-order chi connectivity index (χ1) is 9.35. The fourth-order valence-electron chi connectivity index (χ4n) is 1.61. The van der Waals surface area contributed by atoms with Crippen molar-refractivity contribution in [2.75, 3.05) is 30.6 Å². The first-order valence-corrected chi connectivity index (χ1v) is 9.35. The number of amides is 2. The van der Waals surface area contributed by atoms with Gasteiger partial charge in [0.2, 0.25) is 0 Å². The molecule has 7 heteroatoms. The summed E-state index contributed by atoms with van der Waals surface area (Å²) in [6, 6.07) is 5.07. The van der Waals surface area contributed by atoms with E-state index in [2.05, 4.69) is 5.32 Å². The standard InChI is InChI=1S/C13H19ClN2O2S2/c1-9(8-20(4)18)16(2)13(17)15-10-5-6-12(19-3)11(14)7-10/h5-7,9H,8H2,1-4H3,(H,15,17)/t9-,20-/m1/s1. The van der Waals surface area contributed by atoms with Crippen molar-refractivity contribution in [2.45, 2.75) is 17.9 Å². The molecule has 1 aromatic carbocycles. The van der Waals surface area contributed by atoms with Crippen LogP contribution in [0.4, 0.5) is 10.5 Å². The summed E-state index contributed by atoms with van der Waals surface area (Å²) in [5.74, 6) is 0.454. The van der Waals surface area contributed by atoms with Crippen molar-refractivity contribution in [1.29, 1.82) is 0 Å². The molecular weight excluding hydrogens is 316 g/mol. The van der Waals surface area contributed by atoms with Gasteiger partial charge in [-0.1, -0.05) is 11.6 Å². The van der Waals surface area contributed by atoms with Gasteiger partial charge in [-0.25, -0.2) is 4.79 Å². The number of benzene rings is 1. The molecule has 0 heterocycles. The summed E-state index contributed by atoms with van der Waals surface area (Å²) in [4.78, 5) is 14.6. The molecule has 0 spiro atoms. The van der Waals surface area contributed by atoms with E-state index in [1.54, 1.807) is 31.1 Å². The molecule has 0 aliphatic carbocycles. The number of nitrogens with zero attached hydrogens (tertiary/aromatic N) is 1. The Bertz CT molecular complexity index is 511. The van der Waals surface area contributed by atoms with Gasteiger partial charge >= 0.3 is 6.03 Å². The largest absolute Gasteiger partial charge is 0.324 e. The zero-order chi connectivity index (χ0) is 15.3. The summed E-state index contributed by atoms with van der Waals surface area (Å²) in [7, 11) is 0.752. The van der Waals surface area contributed by atoms with E-state index in [9.17, 15) is 9.00 Å². The Morgan fingerprint density at radius 2 is 2.20 bits per heavy atom. The highest BCUT2D eigenvalue weighted by molar-refractivity contribution is 7.98. The highest BCUT2D eigenvalue weighted by atomic mass is 35.5. The molecule has 0 aliphatic rings. The summed E-state index contributed by atoms with van der Waals surface area (Å²) < 4.78 is 11.2. The molecule has 0 aliphatic heterocycles. The van der Waals surface area contributed by atoms with Crippen molar-refractivity contribution in [1.82, 2.24) is 4.90 Å². The second kappa shape index (κ2) is 7.90. The quantitative estimate of drug-likeness (QED) is 0.840. The van der Waals surface area contributed by atoms with Crippen molar-refractivity contribution in [3.63, 3.8) is 0 Å². The number of anilines is 1. The highest BCUT2D eigenvalue weighted by Crippen LogP contribution is 2.28. The topological polar surface area (TPSA) is 49.4 Å². The van der Waals surface area contributed by atoms with Crippen LogP contribution in [0.5, 0.6) is 0 Å². The second-order valence-corrected chi connectivity index (χ2v) is 7.21. The molecule has 0 radical (unpaired) electrons. The molecule has 0 bridgehead atoms. The Balaban J connectivity index is 2.70. The summed E-state index contributed by atoms with van der Waals surface area (Å²) >= 11 is 7.65. The monoisotopic (exact) mass is 334 g/mol. The molecule has 0 aromatic heterocycles. The first kappa shape index (κ1) is 17.3. The van der Waals surface area contributed by atoms with Crippen LogP contribution in [0.3, 0.4) is 0 Å². The summed E-state index contributed by atoms with van der Waals surface area (Å²) in [5.41, 5.74) is 0.648. The van der Waals surface area contributed by atoms with Gasteiger partial charge in [-0.05, 0) is 31.4 Å². The number of nitrogens with one attached hydrogen (secondary N) is 1. The molecule has 0 fully saturated rings. The zero-order valence-corrected chi connectivity index (χ0v) is 14.4. The summed E-state index contributed by atoms with van der Waals surface area (Å²) in [6.07, 6.45) is 3.57. The molecule has 112 valence electrons. The van der Waals surface area contributed by atoms with Crippen LogP contribution in [0.25, 0.3) is 0 Å². The molecule has 0 saturated carbocycles. The molecule has 1 N–H and O–H groups in total. The fourth-order valence-corrected chi connectivity index (χ4v) is 3.38. The van der Waals surface area contributed by atoms with Crippen molar-refractivity contribution in [3.05, 3.63) is 23.2 Å². The lowest BCUT2D eigenvalue weighted by Gasteiger charge is -2.24. The molecule has 0 unspecified atom stereocenters. The van der Waals surface area contributed by atoms with Crippen LogP contribution in [0.1, 0.15) is 6.92 Å². The van der Waals surface area contributed by atoms with Gasteiger partial charge in [0.25, 0.3) is 0 Å². The Kier molecular flexibility index (Phi) is 6.85. The van der Waals surface area contributed by atoms with E-state index in [4.69, 9.17) is 11.6 Å². The first-order valence-electron chi connectivity index (χ1n) is 6.02. The van der Waals surface area contributed by atoms with Crippen LogP contribution in [-0.2, 0) is 10.8 Å². The molecule has 1 aromatic rings. The molecular formula is C13H19ClN2O2S2. The number of urea groups is 1. The number of hydrogen-bond donors (Lipinski definition) is 1. The number of halogens is 1. The molecule has 0 saturated heterocycles. The Hall–Kier alpha value is -0.720. The summed E-state index contributed by atoms with van der Waals surface area (Å²) in [5, 5.41) is 3.39. The van der Waals surface area contributed by atoms with Gasteiger partial charge < -0.3 is 10.2 Å². The highest BCUT2D eigenvalue weighted by Gasteiger charge is 2.17. The van der Waals surface area contributed by atoms with Crippen LogP contribution in [0.15, 0.2) is 23.1 Å². The number of carbonyl (C=O) groups is 1. The van der Waals surface area contributed by atoms with Gasteiger partial charge in [0.05, 0.1) is 5.02 Å². The third-order valence-corrected chi connectivity index (χ3v) is 5.03. The van der Waals surface area contributed by atoms with Crippen LogP contribution in [-0.4, -0.2) is 46.5 Å². The van der Waals surface area contributed by atoms with Crippen LogP contribution >= 0.6 is 23.4 Å². The van der Waals surface area contributed by atoms with Crippen LogP contribution < -0.4 is 5.32 Å². The lowest BCUT2D eigenvalue weighted by Crippen LogP contribution is -2.40. The lowest BCUT2D eigenvalue weighted by molar-refractivity contribution is 0.212. The zero-order valence-electron chi connectivity index (χ0n) is 12.0. The van der Waals surface area contributed by atoms with Crippen molar-refractivity contribution >= 4 is 45.9 Å². The minimum Gasteiger partial charge on any atom is -0.324 e. The fraction of sp³-hybridized carbons (Fsp3) is 0.462.